The molecule has 0 saturated carbocycles. The third-order valence-corrected chi connectivity index (χ3v) is 3.85. The molecule has 6 heteroatoms. The first-order chi connectivity index (χ1) is 9.56. The van der Waals surface area contributed by atoms with E-state index in [-0.39, 0.29) is 18.7 Å². The molecule has 0 bridgehead atoms. The van der Waals surface area contributed by atoms with Gasteiger partial charge in [-0.15, -0.1) is 11.8 Å². The van der Waals surface area contributed by atoms with Crippen LogP contribution in [0, 0.1) is 0 Å². The fourth-order valence-electron chi connectivity index (χ4n) is 1.73. The Morgan fingerprint density at radius 2 is 2.25 bits per heavy atom. The number of hydrogen-bond acceptors (Lipinski definition) is 3. The van der Waals surface area contributed by atoms with Crippen LogP contribution in [-0.4, -0.2) is 29.5 Å². The maximum atomic E-state index is 11.9. The van der Waals surface area contributed by atoms with Gasteiger partial charge in [0.25, 0.3) is 0 Å². The molecular formula is C14H21ClN2O2S. The number of carbonyl (C=O) groups is 1. The highest BCUT2D eigenvalue weighted by Gasteiger charge is 2.10. The summed E-state index contributed by atoms with van der Waals surface area (Å²) in [6.45, 7) is 4.11. The molecule has 1 atom stereocenters. The van der Waals surface area contributed by atoms with Crippen molar-refractivity contribution in [1.82, 2.24) is 5.32 Å². The summed E-state index contributed by atoms with van der Waals surface area (Å²) in [4.78, 5) is 12.9. The second kappa shape index (κ2) is 9.10. The van der Waals surface area contributed by atoms with Gasteiger partial charge >= 0.3 is 6.03 Å². The first-order valence-electron chi connectivity index (χ1n) is 6.67. The number of urea groups is 1. The van der Waals surface area contributed by atoms with Gasteiger partial charge in [0.05, 0.1) is 5.69 Å². The van der Waals surface area contributed by atoms with Crippen LogP contribution in [0.25, 0.3) is 0 Å². The third-order valence-electron chi connectivity index (χ3n) is 2.66. The molecule has 0 aromatic heterocycles. The minimum atomic E-state index is -0.254. The number of carbonyl (C=O) groups excluding carboxylic acids is 1. The molecule has 0 aliphatic carbocycles. The Hall–Kier alpha value is -0.910. The van der Waals surface area contributed by atoms with Gasteiger partial charge in [-0.2, -0.15) is 0 Å². The van der Waals surface area contributed by atoms with Crippen LogP contribution in [0.3, 0.4) is 0 Å². The lowest BCUT2D eigenvalue weighted by Crippen LogP contribution is -2.36. The van der Waals surface area contributed by atoms with Crippen LogP contribution >= 0.6 is 23.4 Å². The first kappa shape index (κ1) is 17.1. The Labute approximate surface area is 129 Å². The number of nitrogens with one attached hydrogen (secondary N) is 2. The average Bonchev–Trinajstić information content (AvgIpc) is 2.39. The summed E-state index contributed by atoms with van der Waals surface area (Å²) in [5.74, 6) is 0.921. The van der Waals surface area contributed by atoms with Crippen molar-refractivity contribution in [3.63, 3.8) is 0 Å². The Bertz CT molecular complexity index is 443. The maximum Gasteiger partial charge on any atom is 0.319 e. The second-order valence-corrected chi connectivity index (χ2v) is 6.18. The van der Waals surface area contributed by atoms with Crippen LogP contribution < -0.4 is 10.6 Å². The van der Waals surface area contributed by atoms with Crippen molar-refractivity contribution in [3.8, 4) is 0 Å². The standard InChI is InChI=1S/C14H21ClN2O2S/c1-3-20-13-7-6-11(15)9-12(13)17-14(19)16-10(2)5-4-8-18/h6-7,9-10,18H,3-5,8H2,1-2H3,(H2,16,17,19). The topological polar surface area (TPSA) is 61.4 Å². The van der Waals surface area contributed by atoms with Crippen LogP contribution in [0.1, 0.15) is 26.7 Å². The van der Waals surface area contributed by atoms with Crippen molar-refractivity contribution >= 4 is 35.1 Å². The summed E-state index contributed by atoms with van der Waals surface area (Å²) >= 11 is 7.62. The van der Waals surface area contributed by atoms with Gasteiger partial charge in [0.1, 0.15) is 0 Å². The molecule has 2 amide bonds. The normalized spacial score (nSPS) is 12.0. The first-order valence-corrected chi connectivity index (χ1v) is 8.04. The lowest BCUT2D eigenvalue weighted by atomic mass is 10.2. The Balaban J connectivity index is 2.62. The van der Waals surface area contributed by atoms with E-state index in [9.17, 15) is 4.79 Å². The lowest BCUT2D eigenvalue weighted by molar-refractivity contribution is 0.245. The Kier molecular flexibility index (Phi) is 7.80. The van der Waals surface area contributed by atoms with Gasteiger partial charge < -0.3 is 15.7 Å². The van der Waals surface area contributed by atoms with E-state index in [0.29, 0.717) is 11.4 Å². The Morgan fingerprint density at radius 1 is 1.50 bits per heavy atom. The molecule has 1 rings (SSSR count). The zero-order valence-corrected chi connectivity index (χ0v) is 13.4. The molecule has 0 spiro atoms. The van der Waals surface area contributed by atoms with Crippen molar-refractivity contribution in [2.75, 3.05) is 17.7 Å². The van der Waals surface area contributed by atoms with Crippen molar-refractivity contribution in [1.29, 1.82) is 0 Å². The predicted molar refractivity (Wildman–Crippen MR) is 85.8 cm³/mol. The number of aliphatic hydroxyl groups excluding tert-OH is 1. The monoisotopic (exact) mass is 316 g/mol. The highest BCUT2D eigenvalue weighted by atomic mass is 35.5. The number of aliphatic hydroxyl groups is 1. The van der Waals surface area contributed by atoms with Crippen LogP contribution in [0.5, 0.6) is 0 Å². The molecular weight excluding hydrogens is 296 g/mol. The van der Waals surface area contributed by atoms with Crippen LogP contribution in [-0.2, 0) is 0 Å². The summed E-state index contributed by atoms with van der Waals surface area (Å²) in [5, 5.41) is 15.0. The van der Waals surface area contributed by atoms with E-state index in [1.54, 1.807) is 17.8 Å². The lowest BCUT2D eigenvalue weighted by Gasteiger charge is -2.15. The van der Waals surface area contributed by atoms with Crippen molar-refractivity contribution in [2.24, 2.45) is 0 Å². The van der Waals surface area contributed by atoms with E-state index < -0.39 is 0 Å². The molecule has 0 heterocycles. The van der Waals surface area contributed by atoms with Gasteiger partial charge in [0.2, 0.25) is 0 Å². The summed E-state index contributed by atoms with van der Waals surface area (Å²) in [5.41, 5.74) is 0.719. The molecule has 0 fully saturated rings. The molecule has 0 aliphatic heterocycles. The molecule has 0 saturated heterocycles. The number of benzene rings is 1. The van der Waals surface area contributed by atoms with Gasteiger partial charge in [-0.05, 0) is 43.7 Å². The van der Waals surface area contributed by atoms with Gasteiger partial charge in [-0.3, -0.25) is 0 Å². The summed E-state index contributed by atoms with van der Waals surface area (Å²) in [7, 11) is 0. The fraction of sp³-hybridized carbons (Fsp3) is 0.500. The molecule has 3 N–H and O–H groups in total. The molecule has 0 aliphatic rings. The number of anilines is 1. The van der Waals surface area contributed by atoms with Gasteiger partial charge in [0, 0.05) is 22.6 Å². The van der Waals surface area contributed by atoms with Gasteiger partial charge in [-0.25, -0.2) is 4.79 Å². The fourth-order valence-corrected chi connectivity index (χ4v) is 2.65. The largest absolute Gasteiger partial charge is 0.396 e. The molecule has 20 heavy (non-hydrogen) atoms. The number of halogens is 1. The van der Waals surface area contributed by atoms with Crippen molar-refractivity contribution < 1.29 is 9.90 Å². The summed E-state index contributed by atoms with van der Waals surface area (Å²) in [6.07, 6.45) is 1.42. The van der Waals surface area contributed by atoms with Crippen LogP contribution in [0.2, 0.25) is 5.02 Å². The molecule has 4 nitrogen and oxygen atoms in total. The third kappa shape index (κ3) is 6.03. The minimum absolute atomic E-state index is 0.0172. The quantitative estimate of drug-likeness (QED) is 0.672. The van der Waals surface area contributed by atoms with Crippen molar-refractivity contribution in [2.45, 2.75) is 37.6 Å². The SMILES string of the molecule is CCSc1ccc(Cl)cc1NC(=O)NC(C)CCCO. The molecule has 1 aromatic rings. The second-order valence-electron chi connectivity index (χ2n) is 4.44. The molecule has 1 unspecified atom stereocenters. The summed E-state index contributed by atoms with van der Waals surface area (Å²) in [6, 6.07) is 5.23. The van der Waals surface area contributed by atoms with E-state index in [0.717, 1.165) is 22.8 Å². The maximum absolute atomic E-state index is 11.9. The highest BCUT2D eigenvalue weighted by molar-refractivity contribution is 7.99. The van der Waals surface area contributed by atoms with Crippen molar-refractivity contribution in [3.05, 3.63) is 23.2 Å². The minimum Gasteiger partial charge on any atom is -0.396 e. The number of rotatable bonds is 7. The summed E-state index contributed by atoms with van der Waals surface area (Å²) < 4.78 is 0. The zero-order chi connectivity index (χ0) is 15.0. The molecule has 1 aromatic carbocycles. The Morgan fingerprint density at radius 3 is 2.90 bits per heavy atom. The zero-order valence-electron chi connectivity index (χ0n) is 11.8. The number of hydrogen-bond donors (Lipinski definition) is 3. The van der Waals surface area contributed by atoms with E-state index in [4.69, 9.17) is 16.7 Å². The average molecular weight is 317 g/mol. The van der Waals surface area contributed by atoms with E-state index in [1.807, 2.05) is 19.1 Å². The highest BCUT2D eigenvalue weighted by Crippen LogP contribution is 2.29. The van der Waals surface area contributed by atoms with E-state index in [1.165, 1.54) is 0 Å². The smallest absolute Gasteiger partial charge is 0.319 e. The number of amides is 2. The van der Waals surface area contributed by atoms with Crippen LogP contribution in [0.4, 0.5) is 10.5 Å². The van der Waals surface area contributed by atoms with E-state index >= 15 is 0 Å². The van der Waals surface area contributed by atoms with Crippen LogP contribution in [0.15, 0.2) is 23.1 Å². The predicted octanol–water partition coefficient (Wildman–Crippen LogP) is 3.73. The van der Waals surface area contributed by atoms with E-state index in [2.05, 4.69) is 17.6 Å². The van der Waals surface area contributed by atoms with Gasteiger partial charge in [0.15, 0.2) is 0 Å². The molecule has 0 radical (unpaired) electrons. The van der Waals surface area contributed by atoms with Gasteiger partial charge in [-0.1, -0.05) is 18.5 Å². The number of thioether (sulfide) groups is 1. The molecule has 112 valence electrons.